The van der Waals surface area contributed by atoms with E-state index in [1.54, 1.807) is 11.8 Å². The number of carbonyl (C=O) groups is 2. The van der Waals surface area contributed by atoms with Crippen LogP contribution in [-0.4, -0.2) is 30.0 Å². The first-order valence-corrected chi connectivity index (χ1v) is 9.94. The molecule has 1 atom stereocenters. The number of ether oxygens (including phenoxy) is 1. The van der Waals surface area contributed by atoms with Gasteiger partial charge in [0.1, 0.15) is 5.52 Å². The molecule has 6 nitrogen and oxygen atoms in total. The van der Waals surface area contributed by atoms with Crippen LogP contribution in [0.3, 0.4) is 0 Å². The minimum Gasteiger partial charge on any atom is -0.466 e. The quantitative estimate of drug-likeness (QED) is 0.596. The first-order chi connectivity index (χ1) is 14.0. The van der Waals surface area contributed by atoms with Crippen LogP contribution in [0.15, 0.2) is 46.9 Å². The Morgan fingerprint density at radius 3 is 2.69 bits per heavy atom. The number of oxazole rings is 1. The molecule has 0 N–H and O–H groups in total. The van der Waals surface area contributed by atoms with Crippen molar-refractivity contribution in [1.29, 1.82) is 0 Å². The molecule has 0 aliphatic carbocycles. The zero-order valence-electron chi connectivity index (χ0n) is 16.8. The molecule has 6 heteroatoms. The summed E-state index contributed by atoms with van der Waals surface area (Å²) in [6.07, 6.45) is 0.170. The predicted octanol–water partition coefficient (Wildman–Crippen LogP) is 4.53. The number of aromatic nitrogens is 1. The van der Waals surface area contributed by atoms with Gasteiger partial charge >= 0.3 is 5.97 Å². The van der Waals surface area contributed by atoms with Crippen molar-refractivity contribution >= 4 is 28.7 Å². The van der Waals surface area contributed by atoms with E-state index in [1.807, 2.05) is 30.3 Å². The molecule has 1 amide bonds. The lowest BCUT2D eigenvalue weighted by molar-refractivity contribution is -0.147. The molecule has 1 aliphatic rings. The second-order valence-corrected chi connectivity index (χ2v) is 7.61. The number of hydrogen-bond donors (Lipinski definition) is 0. The maximum Gasteiger partial charge on any atom is 0.311 e. The zero-order valence-corrected chi connectivity index (χ0v) is 16.8. The Balaban J connectivity index is 1.59. The molecule has 150 valence electrons. The van der Waals surface area contributed by atoms with Gasteiger partial charge < -0.3 is 14.1 Å². The van der Waals surface area contributed by atoms with Crippen LogP contribution in [-0.2, 0) is 14.3 Å². The molecule has 1 aliphatic heterocycles. The lowest BCUT2D eigenvalue weighted by atomic mass is 10.0. The SMILES string of the molecule is CCOC(=O)[C@H]1CC(=O)N(c2ccc3oc(-c4ccc(C(C)C)cc4)nc3c2)C1. The van der Waals surface area contributed by atoms with E-state index in [0.29, 0.717) is 41.7 Å². The van der Waals surface area contributed by atoms with Gasteiger partial charge in [-0.15, -0.1) is 0 Å². The molecule has 0 saturated carbocycles. The number of nitrogens with zero attached hydrogens (tertiary/aromatic N) is 2. The van der Waals surface area contributed by atoms with Gasteiger partial charge in [-0.25, -0.2) is 4.98 Å². The third kappa shape index (κ3) is 3.75. The van der Waals surface area contributed by atoms with E-state index in [-0.39, 0.29) is 18.3 Å². The molecule has 1 fully saturated rings. The Labute approximate surface area is 169 Å². The summed E-state index contributed by atoms with van der Waals surface area (Å²) < 4.78 is 11.0. The topological polar surface area (TPSA) is 72.6 Å². The van der Waals surface area contributed by atoms with Crippen LogP contribution >= 0.6 is 0 Å². The van der Waals surface area contributed by atoms with Gasteiger partial charge in [-0.2, -0.15) is 0 Å². The fourth-order valence-electron chi connectivity index (χ4n) is 3.59. The van der Waals surface area contributed by atoms with Crippen LogP contribution in [0.4, 0.5) is 5.69 Å². The second kappa shape index (κ2) is 7.70. The number of hydrogen-bond acceptors (Lipinski definition) is 5. The van der Waals surface area contributed by atoms with E-state index in [4.69, 9.17) is 9.15 Å². The van der Waals surface area contributed by atoms with Gasteiger partial charge in [0.25, 0.3) is 0 Å². The Morgan fingerprint density at radius 2 is 2.00 bits per heavy atom. The second-order valence-electron chi connectivity index (χ2n) is 7.61. The molecule has 0 spiro atoms. The number of esters is 1. The number of rotatable bonds is 5. The van der Waals surface area contributed by atoms with E-state index in [1.165, 1.54) is 5.56 Å². The monoisotopic (exact) mass is 392 g/mol. The summed E-state index contributed by atoms with van der Waals surface area (Å²) in [7, 11) is 0. The molecule has 29 heavy (non-hydrogen) atoms. The molecule has 0 radical (unpaired) electrons. The first-order valence-electron chi connectivity index (χ1n) is 9.94. The van der Waals surface area contributed by atoms with Gasteiger partial charge in [0.2, 0.25) is 11.8 Å². The molecule has 4 rings (SSSR count). The molecule has 0 unspecified atom stereocenters. The van der Waals surface area contributed by atoms with E-state index in [2.05, 4.69) is 31.0 Å². The average Bonchev–Trinajstić information content (AvgIpc) is 3.31. The lowest BCUT2D eigenvalue weighted by Crippen LogP contribution is -2.26. The van der Waals surface area contributed by atoms with Crippen LogP contribution < -0.4 is 4.90 Å². The van der Waals surface area contributed by atoms with Crippen molar-refractivity contribution in [2.45, 2.75) is 33.1 Å². The molecule has 3 aromatic rings. The highest BCUT2D eigenvalue weighted by Gasteiger charge is 2.36. The summed E-state index contributed by atoms with van der Waals surface area (Å²) in [4.78, 5) is 30.6. The fourth-order valence-corrected chi connectivity index (χ4v) is 3.59. The molecular weight excluding hydrogens is 368 g/mol. The third-order valence-corrected chi connectivity index (χ3v) is 5.25. The summed E-state index contributed by atoms with van der Waals surface area (Å²) in [6, 6.07) is 13.6. The van der Waals surface area contributed by atoms with Gasteiger partial charge in [-0.05, 0) is 48.7 Å². The van der Waals surface area contributed by atoms with Crippen molar-refractivity contribution < 1.29 is 18.7 Å². The van der Waals surface area contributed by atoms with Gasteiger partial charge in [0.05, 0.1) is 12.5 Å². The van der Waals surface area contributed by atoms with Gasteiger partial charge in [0.15, 0.2) is 5.58 Å². The van der Waals surface area contributed by atoms with Crippen molar-refractivity contribution in [1.82, 2.24) is 4.98 Å². The molecule has 2 heterocycles. The lowest BCUT2D eigenvalue weighted by Gasteiger charge is -2.16. The molecule has 1 saturated heterocycles. The summed E-state index contributed by atoms with van der Waals surface area (Å²) in [5.74, 6) is 0.176. The predicted molar refractivity (Wildman–Crippen MR) is 111 cm³/mol. The first kappa shape index (κ1) is 19.2. The van der Waals surface area contributed by atoms with E-state index in [9.17, 15) is 9.59 Å². The summed E-state index contributed by atoms with van der Waals surface area (Å²) >= 11 is 0. The number of anilines is 1. The highest BCUT2D eigenvalue weighted by Crippen LogP contribution is 2.31. The Kier molecular flexibility index (Phi) is 5.09. The number of carbonyl (C=O) groups excluding carboxylic acids is 2. The molecule has 1 aromatic heterocycles. The Bertz CT molecular complexity index is 1050. The fraction of sp³-hybridized carbons (Fsp3) is 0.348. The Morgan fingerprint density at radius 1 is 1.24 bits per heavy atom. The normalized spacial score (nSPS) is 16.8. The minimum absolute atomic E-state index is 0.0876. The molecular formula is C23H24N2O4. The largest absolute Gasteiger partial charge is 0.466 e. The van der Waals surface area contributed by atoms with Gasteiger partial charge in [0, 0.05) is 24.2 Å². The van der Waals surface area contributed by atoms with E-state index in [0.717, 1.165) is 5.56 Å². The maximum atomic E-state index is 12.4. The maximum absolute atomic E-state index is 12.4. The summed E-state index contributed by atoms with van der Waals surface area (Å²) in [5, 5.41) is 0. The van der Waals surface area contributed by atoms with Crippen molar-refractivity contribution in [2.75, 3.05) is 18.1 Å². The van der Waals surface area contributed by atoms with Gasteiger partial charge in [-0.1, -0.05) is 26.0 Å². The van der Waals surface area contributed by atoms with Crippen LogP contribution in [0, 0.1) is 5.92 Å². The smallest absolute Gasteiger partial charge is 0.311 e. The number of fused-ring (bicyclic) bond motifs is 1. The minimum atomic E-state index is -0.425. The van der Waals surface area contributed by atoms with Gasteiger partial charge in [-0.3, -0.25) is 9.59 Å². The van der Waals surface area contributed by atoms with Crippen LogP contribution in [0.25, 0.3) is 22.6 Å². The number of amides is 1. The summed E-state index contributed by atoms with van der Waals surface area (Å²) in [5.41, 5.74) is 4.22. The van der Waals surface area contributed by atoms with E-state index >= 15 is 0 Å². The zero-order chi connectivity index (χ0) is 20.5. The van der Waals surface area contributed by atoms with Crippen molar-refractivity contribution in [3.05, 3.63) is 48.0 Å². The van der Waals surface area contributed by atoms with Crippen LogP contribution in [0.2, 0.25) is 0 Å². The molecule has 0 bridgehead atoms. The third-order valence-electron chi connectivity index (χ3n) is 5.25. The molecule has 2 aromatic carbocycles. The van der Waals surface area contributed by atoms with Crippen molar-refractivity contribution in [2.24, 2.45) is 5.92 Å². The highest BCUT2D eigenvalue weighted by molar-refractivity contribution is 6.00. The highest BCUT2D eigenvalue weighted by atomic mass is 16.5. The Hall–Kier alpha value is -3.15. The van der Waals surface area contributed by atoms with Crippen LogP contribution in [0.1, 0.15) is 38.7 Å². The van der Waals surface area contributed by atoms with Crippen LogP contribution in [0.5, 0.6) is 0 Å². The standard InChI is InChI=1S/C23H24N2O4/c1-4-28-23(27)17-11-21(26)25(13-17)18-9-10-20-19(12-18)24-22(29-20)16-7-5-15(6-8-16)14(2)3/h5-10,12,14,17H,4,11,13H2,1-3H3/t17-/m0/s1. The van der Waals surface area contributed by atoms with E-state index < -0.39 is 5.92 Å². The van der Waals surface area contributed by atoms with Crippen molar-refractivity contribution in [3.63, 3.8) is 0 Å². The number of benzene rings is 2. The summed E-state index contributed by atoms with van der Waals surface area (Å²) in [6.45, 7) is 6.71. The average molecular weight is 392 g/mol. The van der Waals surface area contributed by atoms with Crippen molar-refractivity contribution in [3.8, 4) is 11.5 Å².